The molecule has 0 aliphatic rings. The van der Waals surface area contributed by atoms with Crippen LogP contribution < -0.4 is 15.4 Å². The second kappa shape index (κ2) is 12.5. The number of rotatable bonds is 10. The summed E-state index contributed by atoms with van der Waals surface area (Å²) in [4.78, 5) is 30.7. The van der Waals surface area contributed by atoms with Crippen LogP contribution in [-0.2, 0) is 16.2 Å². The Bertz CT molecular complexity index is 1240. The summed E-state index contributed by atoms with van der Waals surface area (Å²) in [5.74, 6) is -0.202. The van der Waals surface area contributed by atoms with E-state index in [9.17, 15) is 14.7 Å². The fourth-order valence-electron chi connectivity index (χ4n) is 3.60. The molecular weight excluding hydrogens is 510 g/mol. The van der Waals surface area contributed by atoms with Gasteiger partial charge in [-0.1, -0.05) is 81.3 Å². The van der Waals surface area contributed by atoms with Crippen molar-refractivity contribution in [2.45, 2.75) is 66.2 Å². The number of hydrogen-bond acceptors (Lipinski definition) is 6. The highest BCUT2D eigenvalue weighted by Crippen LogP contribution is 2.32. The Kier molecular flexibility index (Phi) is 9.70. The molecule has 7 nitrogen and oxygen atoms in total. The number of aliphatic hydroxyl groups excluding tert-OH is 1. The average Bonchev–Trinajstić information content (AvgIpc) is 3.31. The molecular formula is C28H34ClN3O4S. The summed E-state index contributed by atoms with van der Waals surface area (Å²) in [7, 11) is 0. The molecule has 3 aromatic rings. The van der Waals surface area contributed by atoms with Crippen molar-refractivity contribution in [3.8, 4) is 16.2 Å². The maximum atomic E-state index is 13.0. The zero-order valence-electron chi connectivity index (χ0n) is 21.8. The van der Waals surface area contributed by atoms with Crippen LogP contribution in [0.1, 0.15) is 51.7 Å². The largest absolute Gasteiger partial charge is 0.489 e. The quantitative estimate of drug-likeness (QED) is 0.292. The molecule has 3 rings (SSSR count). The molecule has 2 amide bonds. The molecule has 1 unspecified atom stereocenters. The normalized spacial score (nSPS) is 13.1. The molecule has 0 saturated heterocycles. The molecule has 9 heteroatoms. The zero-order valence-corrected chi connectivity index (χ0v) is 23.4. The van der Waals surface area contributed by atoms with Crippen LogP contribution in [0.4, 0.5) is 5.13 Å². The standard InChI is InChI=1S/C28H34ClN3O4S/c1-6-9-22(31-26(35)24(33)28(3,4)5)25(34)32-27-30-15-23(37-27)20-11-8-7-10-18(20)16-36-19-12-13-21(29)17(2)14-19/h7-8,10-15,22,24,33H,6,9,16H2,1-5H3,(H,31,35)(H,30,32,34)/t22?,24-/m1/s1. The molecule has 0 radical (unpaired) electrons. The third kappa shape index (κ3) is 7.77. The SMILES string of the molecule is CCCC(NC(=O)[C@@H](O)C(C)(C)C)C(=O)Nc1ncc(-c2ccccc2COc2ccc(Cl)c(C)c2)s1. The number of ether oxygens (including phenoxy) is 1. The lowest BCUT2D eigenvalue weighted by Gasteiger charge is -2.26. The molecule has 3 N–H and O–H groups in total. The van der Waals surface area contributed by atoms with E-state index in [1.807, 2.05) is 56.3 Å². The van der Waals surface area contributed by atoms with Gasteiger partial charge in [0, 0.05) is 11.2 Å². The van der Waals surface area contributed by atoms with Crippen LogP contribution in [-0.4, -0.2) is 34.1 Å². The number of nitrogens with one attached hydrogen (secondary N) is 2. The summed E-state index contributed by atoms with van der Waals surface area (Å²) in [6.07, 6.45) is 1.62. The van der Waals surface area contributed by atoms with E-state index in [4.69, 9.17) is 16.3 Å². The van der Waals surface area contributed by atoms with Crippen LogP contribution in [0.5, 0.6) is 5.75 Å². The number of nitrogens with zero attached hydrogens (tertiary/aromatic N) is 1. The number of benzene rings is 2. The summed E-state index contributed by atoms with van der Waals surface area (Å²) in [5.41, 5.74) is 2.24. The summed E-state index contributed by atoms with van der Waals surface area (Å²) in [6, 6.07) is 12.6. The maximum absolute atomic E-state index is 13.0. The van der Waals surface area contributed by atoms with Gasteiger partial charge in [-0.25, -0.2) is 4.98 Å². The molecule has 0 aliphatic heterocycles. The van der Waals surface area contributed by atoms with E-state index in [-0.39, 0.29) is 5.91 Å². The van der Waals surface area contributed by atoms with Crippen molar-refractivity contribution in [2.24, 2.45) is 5.41 Å². The molecule has 1 aromatic heterocycles. The average molecular weight is 544 g/mol. The highest BCUT2D eigenvalue weighted by Gasteiger charge is 2.32. The summed E-state index contributed by atoms with van der Waals surface area (Å²) in [6.45, 7) is 9.52. The van der Waals surface area contributed by atoms with Gasteiger partial charge in [0.15, 0.2) is 5.13 Å². The summed E-state index contributed by atoms with van der Waals surface area (Å²) < 4.78 is 6.00. The van der Waals surface area contributed by atoms with E-state index in [0.717, 1.165) is 27.3 Å². The first-order valence-electron chi connectivity index (χ1n) is 12.2. The fourth-order valence-corrected chi connectivity index (χ4v) is 4.60. The highest BCUT2D eigenvalue weighted by atomic mass is 35.5. The maximum Gasteiger partial charge on any atom is 0.250 e. The van der Waals surface area contributed by atoms with E-state index in [2.05, 4.69) is 15.6 Å². The first kappa shape index (κ1) is 28.6. The number of hydrogen-bond donors (Lipinski definition) is 3. The first-order chi connectivity index (χ1) is 17.5. The predicted molar refractivity (Wildman–Crippen MR) is 149 cm³/mol. The van der Waals surface area contributed by atoms with E-state index < -0.39 is 23.5 Å². The van der Waals surface area contributed by atoms with E-state index in [1.165, 1.54) is 11.3 Å². The molecule has 1 heterocycles. The number of halogens is 1. The Hall–Kier alpha value is -2.94. The van der Waals surface area contributed by atoms with E-state index >= 15 is 0 Å². The van der Waals surface area contributed by atoms with Gasteiger partial charge >= 0.3 is 0 Å². The van der Waals surface area contributed by atoms with Crippen LogP contribution in [0.2, 0.25) is 5.02 Å². The Balaban J connectivity index is 1.70. The Labute approximate surface area is 227 Å². The third-order valence-corrected chi connectivity index (χ3v) is 7.19. The smallest absolute Gasteiger partial charge is 0.250 e. The second-order valence-corrected chi connectivity index (χ2v) is 11.4. The lowest BCUT2D eigenvalue weighted by atomic mass is 9.88. The van der Waals surface area contributed by atoms with Crippen molar-refractivity contribution in [2.75, 3.05) is 5.32 Å². The summed E-state index contributed by atoms with van der Waals surface area (Å²) >= 11 is 7.45. The first-order valence-corrected chi connectivity index (χ1v) is 13.4. The van der Waals surface area contributed by atoms with E-state index in [0.29, 0.717) is 29.6 Å². The highest BCUT2D eigenvalue weighted by molar-refractivity contribution is 7.19. The zero-order chi connectivity index (χ0) is 27.2. The minimum absolute atomic E-state index is 0.359. The second-order valence-electron chi connectivity index (χ2n) is 9.99. The minimum atomic E-state index is -1.22. The van der Waals surface area contributed by atoms with Gasteiger partial charge < -0.3 is 20.5 Å². The van der Waals surface area contributed by atoms with Gasteiger partial charge in [-0.15, -0.1) is 0 Å². The number of aliphatic hydroxyl groups is 1. The molecule has 0 fully saturated rings. The molecule has 2 aromatic carbocycles. The van der Waals surface area contributed by atoms with Crippen molar-refractivity contribution in [1.29, 1.82) is 0 Å². The van der Waals surface area contributed by atoms with Crippen LogP contribution in [0.25, 0.3) is 10.4 Å². The minimum Gasteiger partial charge on any atom is -0.489 e. The lowest BCUT2D eigenvalue weighted by molar-refractivity contribution is -0.137. The van der Waals surface area contributed by atoms with Crippen molar-refractivity contribution in [3.05, 3.63) is 64.8 Å². The Morgan fingerprint density at radius 2 is 1.89 bits per heavy atom. The number of carbonyl (C=O) groups is 2. The van der Waals surface area contributed by atoms with Gasteiger partial charge in [0.2, 0.25) is 11.8 Å². The third-order valence-electron chi connectivity index (χ3n) is 5.82. The van der Waals surface area contributed by atoms with Crippen molar-refractivity contribution in [3.63, 3.8) is 0 Å². The van der Waals surface area contributed by atoms with Crippen LogP contribution in [0.3, 0.4) is 0 Å². The van der Waals surface area contributed by atoms with Crippen LogP contribution in [0.15, 0.2) is 48.7 Å². The van der Waals surface area contributed by atoms with Gasteiger partial charge in [-0.3, -0.25) is 9.59 Å². The topological polar surface area (TPSA) is 101 Å². The number of aromatic nitrogens is 1. The van der Waals surface area contributed by atoms with Crippen LogP contribution in [0, 0.1) is 12.3 Å². The molecule has 0 spiro atoms. The Morgan fingerprint density at radius 3 is 2.57 bits per heavy atom. The predicted octanol–water partition coefficient (Wildman–Crippen LogP) is 5.98. The molecule has 198 valence electrons. The van der Waals surface area contributed by atoms with E-state index in [1.54, 1.807) is 27.0 Å². The number of amides is 2. The number of anilines is 1. The van der Waals surface area contributed by atoms with Crippen molar-refractivity contribution in [1.82, 2.24) is 10.3 Å². The summed E-state index contributed by atoms with van der Waals surface area (Å²) in [5, 5.41) is 16.9. The lowest BCUT2D eigenvalue weighted by Crippen LogP contribution is -2.50. The van der Waals surface area contributed by atoms with Gasteiger partial charge in [-0.2, -0.15) is 0 Å². The molecule has 2 atom stereocenters. The molecule has 0 saturated carbocycles. The van der Waals surface area contributed by atoms with Gasteiger partial charge in [0.1, 0.15) is 24.5 Å². The van der Waals surface area contributed by atoms with Gasteiger partial charge in [-0.05, 0) is 53.6 Å². The monoisotopic (exact) mass is 543 g/mol. The number of thiazole rings is 1. The Morgan fingerprint density at radius 1 is 1.16 bits per heavy atom. The van der Waals surface area contributed by atoms with Crippen molar-refractivity contribution < 1.29 is 19.4 Å². The fraction of sp³-hybridized carbons (Fsp3) is 0.393. The number of carbonyl (C=O) groups excluding carboxylic acids is 2. The van der Waals surface area contributed by atoms with Gasteiger partial charge in [0.05, 0.1) is 4.88 Å². The number of aryl methyl sites for hydroxylation is 1. The molecule has 37 heavy (non-hydrogen) atoms. The van der Waals surface area contributed by atoms with Crippen molar-refractivity contribution >= 4 is 39.9 Å². The molecule has 0 aliphatic carbocycles. The molecule has 0 bridgehead atoms. The van der Waals surface area contributed by atoms with Crippen LogP contribution >= 0.6 is 22.9 Å². The van der Waals surface area contributed by atoms with Gasteiger partial charge in [0.25, 0.3) is 0 Å².